The highest BCUT2D eigenvalue weighted by Crippen LogP contribution is 2.10. The van der Waals surface area contributed by atoms with E-state index in [0.717, 1.165) is 11.3 Å². The normalized spacial score (nSPS) is 10.2. The molecule has 0 saturated heterocycles. The molecule has 0 saturated carbocycles. The van der Waals surface area contributed by atoms with Gasteiger partial charge in [0.05, 0.1) is 5.69 Å². The van der Waals surface area contributed by atoms with Gasteiger partial charge in [0.25, 0.3) is 0 Å². The Bertz CT molecular complexity index is 741. The number of benzene rings is 2. The van der Waals surface area contributed by atoms with E-state index in [0.29, 0.717) is 11.4 Å². The van der Waals surface area contributed by atoms with Crippen molar-refractivity contribution in [1.82, 2.24) is 0 Å². The smallest absolute Gasteiger partial charge is 0.357 e. The lowest BCUT2D eigenvalue weighted by Gasteiger charge is -2.01. The first-order chi connectivity index (χ1) is 10.7. The number of hydrogen-bond acceptors (Lipinski definition) is 4. The second-order valence-electron chi connectivity index (χ2n) is 4.75. The largest absolute Gasteiger partial charge is 0.399 e. The molecule has 0 fully saturated rings. The molecule has 2 rings (SSSR count). The maximum absolute atomic E-state index is 10.6. The number of carbonyl (C=O) groups is 1. The summed E-state index contributed by atoms with van der Waals surface area (Å²) in [5, 5.41) is 2.64. The van der Waals surface area contributed by atoms with E-state index >= 15 is 0 Å². The van der Waals surface area contributed by atoms with Crippen molar-refractivity contribution in [1.29, 1.82) is 0 Å². The fourth-order valence-corrected chi connectivity index (χ4v) is 1.97. The van der Waals surface area contributed by atoms with E-state index in [9.17, 15) is 13.2 Å². The first-order valence-corrected chi connectivity index (χ1v) is 8.05. The lowest BCUT2D eigenvalue weighted by molar-refractivity contribution is -0.114. The van der Waals surface area contributed by atoms with Crippen LogP contribution in [0.5, 0.6) is 0 Å². The molecule has 7 nitrogen and oxygen atoms in total. The van der Waals surface area contributed by atoms with Gasteiger partial charge in [0.15, 0.2) is 0 Å². The highest BCUT2D eigenvalue weighted by Gasteiger charge is 2.01. The summed E-state index contributed by atoms with van der Waals surface area (Å²) < 4.78 is 31.0. The fourth-order valence-electron chi connectivity index (χ4n) is 1.54. The molecule has 0 bridgehead atoms. The van der Waals surface area contributed by atoms with E-state index in [1.165, 1.54) is 6.92 Å². The first-order valence-electron chi connectivity index (χ1n) is 6.61. The van der Waals surface area contributed by atoms with Crippen molar-refractivity contribution in [3.8, 4) is 0 Å². The average molecular weight is 337 g/mol. The van der Waals surface area contributed by atoms with Gasteiger partial charge in [-0.2, -0.15) is 8.42 Å². The van der Waals surface area contributed by atoms with Crippen LogP contribution in [-0.4, -0.2) is 18.9 Å². The molecule has 8 heteroatoms. The zero-order chi connectivity index (χ0) is 17.5. The van der Waals surface area contributed by atoms with Gasteiger partial charge < -0.3 is 11.1 Å². The molecule has 0 aliphatic rings. The van der Waals surface area contributed by atoms with Crippen LogP contribution in [0.4, 0.5) is 17.1 Å². The summed E-state index contributed by atoms with van der Waals surface area (Å²) in [6.07, 6.45) is 0. The number of aryl methyl sites for hydroxylation is 1. The third-order valence-corrected chi connectivity index (χ3v) is 3.02. The molecule has 0 aliphatic carbocycles. The third kappa shape index (κ3) is 8.44. The Hall–Kier alpha value is -2.58. The van der Waals surface area contributed by atoms with Gasteiger partial charge in [-0.25, -0.2) is 0 Å². The summed E-state index contributed by atoms with van der Waals surface area (Å²) in [7, 11) is -4.14. The SMILES string of the molecule is CC(=O)Nc1ccc(N)cc1.Cc1ccc(NS(=O)(=O)O)cc1. The molecule has 0 unspecified atom stereocenters. The molecule has 124 valence electrons. The summed E-state index contributed by atoms with van der Waals surface area (Å²) in [5.74, 6) is -0.0743. The third-order valence-electron chi connectivity index (χ3n) is 2.53. The van der Waals surface area contributed by atoms with Crippen molar-refractivity contribution in [3.05, 3.63) is 54.1 Å². The van der Waals surface area contributed by atoms with Crippen LogP contribution < -0.4 is 15.8 Å². The second kappa shape index (κ2) is 8.16. The molecule has 2 aromatic carbocycles. The molecule has 2 aromatic rings. The number of hydrogen-bond donors (Lipinski definition) is 4. The molecule has 23 heavy (non-hydrogen) atoms. The maximum Gasteiger partial charge on any atom is 0.357 e. The Morgan fingerprint density at radius 2 is 1.48 bits per heavy atom. The number of carbonyl (C=O) groups excluding carboxylic acids is 1. The molecular weight excluding hydrogens is 318 g/mol. The molecule has 1 amide bonds. The standard InChI is InChI=1S/C8H10N2O.C7H9NO3S/c1-6(11)10-8-4-2-7(9)3-5-8;1-6-2-4-7(5-3-6)8-12(9,10)11/h2-5H,9H2,1H3,(H,10,11);2-5,8H,1H3,(H,9,10,11). The Morgan fingerprint density at radius 3 is 1.91 bits per heavy atom. The van der Waals surface area contributed by atoms with Gasteiger partial charge in [-0.3, -0.25) is 14.1 Å². The van der Waals surface area contributed by atoms with Crippen LogP contribution in [0.1, 0.15) is 12.5 Å². The maximum atomic E-state index is 10.6. The van der Waals surface area contributed by atoms with Crippen molar-refractivity contribution in [2.45, 2.75) is 13.8 Å². The number of nitrogens with two attached hydrogens (primary N) is 1. The van der Waals surface area contributed by atoms with E-state index in [-0.39, 0.29) is 5.91 Å². The van der Waals surface area contributed by atoms with Crippen LogP contribution in [0.2, 0.25) is 0 Å². The molecule has 5 N–H and O–H groups in total. The van der Waals surface area contributed by atoms with Crippen molar-refractivity contribution in [2.24, 2.45) is 0 Å². The molecule has 0 aliphatic heterocycles. The van der Waals surface area contributed by atoms with Crippen molar-refractivity contribution >= 4 is 33.3 Å². The van der Waals surface area contributed by atoms with Gasteiger partial charge in [-0.15, -0.1) is 0 Å². The lowest BCUT2D eigenvalue weighted by Crippen LogP contribution is -2.09. The second-order valence-corrected chi connectivity index (χ2v) is 5.90. The van der Waals surface area contributed by atoms with Crippen LogP contribution in [0.3, 0.4) is 0 Å². The van der Waals surface area contributed by atoms with E-state index in [2.05, 4.69) is 5.32 Å². The summed E-state index contributed by atoms with van der Waals surface area (Å²) in [4.78, 5) is 10.6. The highest BCUT2D eigenvalue weighted by atomic mass is 32.2. The minimum Gasteiger partial charge on any atom is -0.399 e. The molecule has 0 heterocycles. The van der Waals surface area contributed by atoms with E-state index in [1.807, 2.05) is 11.6 Å². The predicted octanol–water partition coefficient (Wildman–Crippen LogP) is 2.44. The minimum absolute atomic E-state index is 0.0743. The highest BCUT2D eigenvalue weighted by molar-refractivity contribution is 7.87. The summed E-state index contributed by atoms with van der Waals surface area (Å²) in [6, 6.07) is 13.6. The average Bonchev–Trinajstić information content (AvgIpc) is 2.43. The molecule has 0 aromatic heterocycles. The van der Waals surface area contributed by atoms with Gasteiger partial charge in [0.2, 0.25) is 5.91 Å². The number of rotatable bonds is 3. The van der Waals surface area contributed by atoms with Gasteiger partial charge >= 0.3 is 10.3 Å². The number of amides is 1. The molecule has 0 spiro atoms. The van der Waals surface area contributed by atoms with Crippen LogP contribution >= 0.6 is 0 Å². The number of nitrogens with one attached hydrogen (secondary N) is 2. The van der Waals surface area contributed by atoms with E-state index in [1.54, 1.807) is 48.5 Å². The number of anilines is 3. The van der Waals surface area contributed by atoms with Gasteiger partial charge in [0, 0.05) is 18.3 Å². The molecular formula is C15H19N3O4S. The Labute approximate surface area is 135 Å². The van der Waals surface area contributed by atoms with Crippen molar-refractivity contribution in [2.75, 3.05) is 15.8 Å². The van der Waals surface area contributed by atoms with Crippen LogP contribution in [0.25, 0.3) is 0 Å². The van der Waals surface area contributed by atoms with Crippen LogP contribution in [-0.2, 0) is 15.1 Å². The Balaban J connectivity index is 0.000000231. The van der Waals surface area contributed by atoms with E-state index in [4.69, 9.17) is 10.3 Å². The topological polar surface area (TPSA) is 122 Å². The first kappa shape index (κ1) is 18.5. The quantitative estimate of drug-likeness (QED) is 0.506. The fraction of sp³-hybridized carbons (Fsp3) is 0.133. The number of nitrogen functional groups attached to an aromatic ring is 1. The summed E-state index contributed by atoms with van der Waals surface area (Å²) in [6.45, 7) is 3.35. The van der Waals surface area contributed by atoms with Gasteiger partial charge in [0.1, 0.15) is 0 Å². The van der Waals surface area contributed by atoms with Crippen LogP contribution in [0, 0.1) is 6.92 Å². The Morgan fingerprint density at radius 1 is 1.00 bits per heavy atom. The minimum atomic E-state index is -4.14. The van der Waals surface area contributed by atoms with Crippen molar-refractivity contribution < 1.29 is 17.8 Å². The molecule has 0 radical (unpaired) electrons. The zero-order valence-electron chi connectivity index (χ0n) is 12.8. The lowest BCUT2D eigenvalue weighted by atomic mass is 10.2. The van der Waals surface area contributed by atoms with Gasteiger partial charge in [-0.1, -0.05) is 17.7 Å². The predicted molar refractivity (Wildman–Crippen MR) is 91.5 cm³/mol. The van der Waals surface area contributed by atoms with Gasteiger partial charge in [-0.05, 0) is 43.3 Å². The van der Waals surface area contributed by atoms with Crippen molar-refractivity contribution in [3.63, 3.8) is 0 Å². The summed E-state index contributed by atoms with van der Waals surface area (Å²) >= 11 is 0. The Kier molecular flexibility index (Phi) is 6.55. The zero-order valence-corrected chi connectivity index (χ0v) is 13.6. The van der Waals surface area contributed by atoms with Crippen LogP contribution in [0.15, 0.2) is 48.5 Å². The molecule has 0 atom stereocenters. The summed E-state index contributed by atoms with van der Waals surface area (Å²) in [5.41, 5.74) is 8.28. The van der Waals surface area contributed by atoms with E-state index < -0.39 is 10.3 Å². The monoisotopic (exact) mass is 337 g/mol.